The van der Waals surface area contributed by atoms with Gasteiger partial charge in [0.05, 0.1) is 30.4 Å². The third-order valence-electron chi connectivity index (χ3n) is 7.97. The van der Waals surface area contributed by atoms with E-state index in [1.165, 1.54) is 6.07 Å². The van der Waals surface area contributed by atoms with Crippen LogP contribution in [0.3, 0.4) is 0 Å². The highest BCUT2D eigenvalue weighted by atomic mass is 19.1. The minimum Gasteiger partial charge on any atom is -0.496 e. The molecule has 6 rings (SSSR count). The highest BCUT2D eigenvalue weighted by Gasteiger charge is 2.30. The van der Waals surface area contributed by atoms with E-state index >= 15 is 0 Å². The lowest BCUT2D eigenvalue weighted by atomic mass is 9.85. The molecule has 1 atom stereocenters. The van der Waals surface area contributed by atoms with E-state index in [0.717, 1.165) is 67.7 Å². The number of rotatable bonds is 6. The molecule has 0 radical (unpaired) electrons. The standard InChI is InChI=1S/C27H31FN8O2/c1-34-26(31-32-33-34)17-5-8-19(9-6-17)30-27(37)22-16-29-36-13-11-20(15-24(22)36)35-12-3-4-23(35)21-14-18(28)7-10-25(21)38-2/h7,10-11,13-17,19,23H,3-6,8-9,12H2,1-2H3,(H,30,37). The molecule has 1 saturated carbocycles. The van der Waals surface area contributed by atoms with Gasteiger partial charge in [-0.1, -0.05) is 0 Å². The van der Waals surface area contributed by atoms with Crippen molar-refractivity contribution in [2.45, 2.75) is 56.5 Å². The number of aromatic nitrogens is 6. The normalized spacial score (nSPS) is 21.7. The number of anilines is 1. The van der Waals surface area contributed by atoms with E-state index in [0.29, 0.717) is 17.2 Å². The predicted octanol–water partition coefficient (Wildman–Crippen LogP) is 3.80. The maximum atomic E-state index is 14.1. The summed E-state index contributed by atoms with van der Waals surface area (Å²) in [6.45, 7) is 0.834. The number of hydrogen-bond acceptors (Lipinski definition) is 7. The molecule has 1 amide bonds. The fourth-order valence-corrected chi connectivity index (χ4v) is 6.03. The van der Waals surface area contributed by atoms with Gasteiger partial charge in [-0.25, -0.2) is 13.6 Å². The van der Waals surface area contributed by atoms with Crippen molar-refractivity contribution in [3.8, 4) is 5.75 Å². The molecule has 1 N–H and O–H groups in total. The minimum atomic E-state index is -0.278. The number of pyridine rings is 1. The van der Waals surface area contributed by atoms with Gasteiger partial charge in [-0.3, -0.25) is 4.79 Å². The molecule has 1 aliphatic carbocycles. The lowest BCUT2D eigenvalue weighted by molar-refractivity contribution is 0.0927. The van der Waals surface area contributed by atoms with E-state index in [9.17, 15) is 9.18 Å². The number of nitrogens with zero attached hydrogens (tertiary/aromatic N) is 7. The van der Waals surface area contributed by atoms with Crippen LogP contribution in [0.2, 0.25) is 0 Å². The lowest BCUT2D eigenvalue weighted by Crippen LogP contribution is -2.37. The lowest BCUT2D eigenvalue weighted by Gasteiger charge is -2.29. The molecule has 1 aromatic carbocycles. The summed E-state index contributed by atoms with van der Waals surface area (Å²) >= 11 is 0. The fourth-order valence-electron chi connectivity index (χ4n) is 6.03. The first kappa shape index (κ1) is 24.3. The van der Waals surface area contributed by atoms with Gasteiger partial charge in [0, 0.05) is 43.0 Å². The van der Waals surface area contributed by atoms with Crippen LogP contribution in [0.4, 0.5) is 10.1 Å². The van der Waals surface area contributed by atoms with Crippen LogP contribution in [-0.4, -0.2) is 55.4 Å². The second-order valence-corrected chi connectivity index (χ2v) is 10.2. The van der Waals surface area contributed by atoms with Crippen molar-refractivity contribution in [2.24, 2.45) is 7.05 Å². The molecule has 1 saturated heterocycles. The van der Waals surface area contributed by atoms with Crippen molar-refractivity contribution < 1.29 is 13.9 Å². The molecule has 3 aromatic heterocycles. The van der Waals surface area contributed by atoms with E-state index < -0.39 is 0 Å². The molecule has 4 aromatic rings. The molecule has 0 spiro atoms. The Bertz CT molecular complexity index is 1460. The first-order valence-electron chi connectivity index (χ1n) is 13.1. The van der Waals surface area contributed by atoms with Gasteiger partial charge in [0.1, 0.15) is 11.6 Å². The van der Waals surface area contributed by atoms with Crippen molar-refractivity contribution >= 4 is 17.1 Å². The number of methoxy groups -OCH3 is 1. The summed E-state index contributed by atoms with van der Waals surface area (Å²) in [4.78, 5) is 15.6. The zero-order valence-corrected chi connectivity index (χ0v) is 21.5. The van der Waals surface area contributed by atoms with Gasteiger partial charge in [-0.15, -0.1) is 5.10 Å². The smallest absolute Gasteiger partial charge is 0.255 e. The van der Waals surface area contributed by atoms with Crippen LogP contribution in [0.1, 0.15) is 72.2 Å². The van der Waals surface area contributed by atoms with Crippen LogP contribution in [0.15, 0.2) is 42.7 Å². The average Bonchev–Trinajstić information content (AvgIpc) is 3.68. The fraction of sp³-hybridized carbons (Fsp3) is 0.444. The Morgan fingerprint density at radius 3 is 2.74 bits per heavy atom. The van der Waals surface area contributed by atoms with Gasteiger partial charge in [-0.05, 0) is 79.3 Å². The molecular formula is C27H31FN8O2. The van der Waals surface area contributed by atoms with Gasteiger partial charge in [0.2, 0.25) is 0 Å². The number of fused-ring (bicyclic) bond motifs is 1. The molecule has 0 bridgehead atoms. The Labute approximate surface area is 219 Å². The molecule has 4 heterocycles. The van der Waals surface area contributed by atoms with Gasteiger partial charge in [-0.2, -0.15) is 5.10 Å². The number of carbonyl (C=O) groups is 1. The van der Waals surface area contributed by atoms with Gasteiger partial charge >= 0.3 is 0 Å². The number of carbonyl (C=O) groups excluding carboxylic acids is 1. The van der Waals surface area contributed by atoms with E-state index in [1.807, 2.05) is 25.4 Å². The number of tetrazole rings is 1. The number of hydrogen-bond donors (Lipinski definition) is 1. The van der Waals surface area contributed by atoms with Crippen molar-refractivity contribution in [3.63, 3.8) is 0 Å². The van der Waals surface area contributed by atoms with E-state index in [2.05, 4.69) is 30.8 Å². The van der Waals surface area contributed by atoms with Gasteiger partial charge in [0.25, 0.3) is 5.91 Å². The summed E-state index contributed by atoms with van der Waals surface area (Å²) in [6, 6.07) is 8.75. The summed E-state index contributed by atoms with van der Waals surface area (Å²) in [5.74, 6) is 1.50. The molecular weight excluding hydrogens is 487 g/mol. The average molecular weight is 519 g/mol. The SMILES string of the molecule is COc1ccc(F)cc1C1CCCN1c1ccn2ncc(C(=O)NC3CCC(c4nnnn4C)CC3)c2c1. The van der Waals surface area contributed by atoms with Crippen molar-refractivity contribution in [2.75, 3.05) is 18.6 Å². The number of halogens is 1. The predicted molar refractivity (Wildman–Crippen MR) is 139 cm³/mol. The van der Waals surface area contributed by atoms with Crippen molar-refractivity contribution in [1.29, 1.82) is 0 Å². The third-order valence-corrected chi connectivity index (χ3v) is 7.97. The van der Waals surface area contributed by atoms with Gasteiger partial charge < -0.3 is 15.0 Å². The van der Waals surface area contributed by atoms with E-state index in [4.69, 9.17) is 4.74 Å². The van der Waals surface area contributed by atoms with Crippen LogP contribution >= 0.6 is 0 Å². The zero-order chi connectivity index (χ0) is 26.2. The van der Waals surface area contributed by atoms with Crippen molar-refractivity contribution in [1.82, 2.24) is 35.1 Å². The maximum absolute atomic E-state index is 14.1. The molecule has 198 valence electrons. The highest BCUT2D eigenvalue weighted by Crippen LogP contribution is 2.40. The zero-order valence-electron chi connectivity index (χ0n) is 21.5. The Kier molecular flexibility index (Phi) is 6.42. The first-order chi connectivity index (χ1) is 18.5. The number of nitrogens with one attached hydrogen (secondary N) is 1. The number of aryl methyl sites for hydroxylation is 1. The monoisotopic (exact) mass is 518 g/mol. The van der Waals surface area contributed by atoms with Crippen LogP contribution in [0, 0.1) is 5.82 Å². The number of benzene rings is 1. The molecule has 38 heavy (non-hydrogen) atoms. The highest BCUT2D eigenvalue weighted by molar-refractivity contribution is 6.01. The Hall–Kier alpha value is -4.02. The van der Waals surface area contributed by atoms with Crippen LogP contribution in [-0.2, 0) is 7.05 Å². The summed E-state index contributed by atoms with van der Waals surface area (Å²) < 4.78 is 23.1. The van der Waals surface area contributed by atoms with E-state index in [-0.39, 0.29) is 23.8 Å². The topological polar surface area (TPSA) is 102 Å². The Balaban J connectivity index is 1.20. The van der Waals surface area contributed by atoms with Crippen LogP contribution < -0.4 is 15.0 Å². The summed E-state index contributed by atoms with van der Waals surface area (Å²) in [6.07, 6.45) is 8.98. The van der Waals surface area contributed by atoms with Crippen molar-refractivity contribution in [3.05, 3.63) is 65.5 Å². The second-order valence-electron chi connectivity index (χ2n) is 10.2. The molecule has 1 unspecified atom stereocenters. The number of ether oxygens (including phenoxy) is 1. The molecule has 2 aliphatic rings. The van der Waals surface area contributed by atoms with E-state index in [1.54, 1.807) is 34.6 Å². The van der Waals surface area contributed by atoms with Gasteiger partial charge in [0.15, 0.2) is 5.82 Å². The largest absolute Gasteiger partial charge is 0.496 e. The molecule has 11 heteroatoms. The van der Waals surface area contributed by atoms with Crippen LogP contribution in [0.5, 0.6) is 5.75 Å². The summed E-state index contributed by atoms with van der Waals surface area (Å²) in [5, 5.41) is 19.5. The molecule has 2 fully saturated rings. The molecule has 1 aliphatic heterocycles. The summed E-state index contributed by atoms with van der Waals surface area (Å²) in [5.41, 5.74) is 3.10. The molecule has 10 nitrogen and oxygen atoms in total. The first-order valence-corrected chi connectivity index (χ1v) is 13.1. The maximum Gasteiger partial charge on any atom is 0.255 e. The Morgan fingerprint density at radius 1 is 1.13 bits per heavy atom. The number of amides is 1. The minimum absolute atomic E-state index is 0.0115. The third kappa shape index (κ3) is 4.46. The Morgan fingerprint density at radius 2 is 1.97 bits per heavy atom. The quantitative estimate of drug-likeness (QED) is 0.414. The summed E-state index contributed by atoms with van der Waals surface area (Å²) in [7, 11) is 3.47. The van der Waals surface area contributed by atoms with Crippen LogP contribution in [0.25, 0.3) is 5.52 Å². The second kappa shape index (κ2) is 10.0.